The molecule has 4 aromatic rings. The minimum atomic E-state index is -10.7. The summed E-state index contributed by atoms with van der Waals surface area (Å²) in [4.78, 5) is 31.1. The summed E-state index contributed by atoms with van der Waals surface area (Å²) >= 11 is 0. The normalized spacial score (nSPS) is 14.1. The fraction of sp³-hybridized carbons (Fsp3) is 0.300. The van der Waals surface area contributed by atoms with Crippen LogP contribution in [0.25, 0.3) is 0 Å². The summed E-state index contributed by atoms with van der Waals surface area (Å²) in [7, 11) is -21.3. The van der Waals surface area contributed by atoms with E-state index in [1.807, 2.05) is 72.8 Å². The van der Waals surface area contributed by atoms with E-state index < -0.39 is 27.7 Å². The smallest absolute Gasteiger partial charge is 0.851 e. The largest absolute Gasteiger partial charge is 2.00 e. The summed E-state index contributed by atoms with van der Waals surface area (Å²) < 4.78 is 118. The summed E-state index contributed by atoms with van der Waals surface area (Å²) in [5.41, 5.74) is 3.86. The van der Waals surface area contributed by atoms with Gasteiger partial charge in [-0.1, -0.05) is 30.7 Å². The Morgan fingerprint density at radius 1 is 0.564 bits per heavy atom. The van der Waals surface area contributed by atoms with E-state index in [-0.39, 0.29) is 39.0 Å². The average Bonchev–Trinajstić information content (AvgIpc) is 2.99. The third kappa shape index (κ3) is 42.2. The molecule has 0 radical (unpaired) electrons. The van der Waals surface area contributed by atoms with E-state index in [4.69, 9.17) is 9.90 Å². The van der Waals surface area contributed by atoms with Gasteiger partial charge in [-0.25, -0.2) is 0 Å². The Balaban J connectivity index is 0. The van der Waals surface area contributed by atoms with Crippen LogP contribution in [0.3, 0.4) is 0 Å². The van der Waals surface area contributed by atoms with Crippen molar-refractivity contribution in [1.82, 2.24) is 29.7 Å². The van der Waals surface area contributed by atoms with Crippen molar-refractivity contribution >= 4 is 21.6 Å². The van der Waals surface area contributed by atoms with Crippen molar-refractivity contribution in [3.63, 3.8) is 0 Å². The number of carboxylic acid groups (broad SMARTS) is 1. The molecule has 4 aromatic heterocycles. The number of carbonyl (C=O) groups excluding carboxylic acids is 1. The molecule has 0 aromatic carbocycles. The Morgan fingerprint density at radius 2 is 0.800 bits per heavy atom. The van der Waals surface area contributed by atoms with Crippen molar-refractivity contribution in [3.05, 3.63) is 120 Å². The van der Waals surface area contributed by atoms with Crippen LogP contribution in [-0.4, -0.2) is 54.9 Å². The number of hydrogen-bond donors (Lipinski definition) is 0. The Kier molecular flexibility index (Phi) is 20.8. The first-order valence-corrected chi connectivity index (χ1v) is 18.9. The van der Waals surface area contributed by atoms with Crippen LogP contribution < -0.4 is 10.2 Å². The summed E-state index contributed by atoms with van der Waals surface area (Å²) in [6.45, 7) is 4.64. The van der Waals surface area contributed by atoms with Crippen LogP contribution in [0.15, 0.2) is 97.6 Å². The maximum Gasteiger partial charge on any atom is 2.00 e. The fourth-order valence-corrected chi connectivity index (χ4v) is 3.99. The topological polar surface area (TPSA) is 121 Å². The second kappa shape index (κ2) is 21.1. The Bertz CT molecular complexity index is 1530. The third-order valence-electron chi connectivity index (χ3n) is 5.68. The summed E-state index contributed by atoms with van der Waals surface area (Å²) in [5, 5.41) is 22.1. The quantitative estimate of drug-likeness (QED) is 0.0738. The minimum Gasteiger partial charge on any atom is -0.851 e. The van der Waals surface area contributed by atoms with E-state index in [9.17, 15) is 55.5 Å². The zero-order chi connectivity index (χ0) is 40.5. The van der Waals surface area contributed by atoms with Crippen LogP contribution >= 0.6 is 15.6 Å². The Labute approximate surface area is 333 Å². The van der Waals surface area contributed by atoms with Crippen LogP contribution in [0.2, 0.25) is 0 Å². The third-order valence-corrected chi connectivity index (χ3v) is 5.68. The maximum absolute atomic E-state index is 13.2. The predicted octanol–water partition coefficient (Wildman–Crippen LogP) is 8.61. The van der Waals surface area contributed by atoms with Gasteiger partial charge in [0.15, 0.2) is 0 Å². The van der Waals surface area contributed by atoms with Gasteiger partial charge in [0.2, 0.25) is 0 Å². The van der Waals surface area contributed by atoms with E-state index in [1.54, 1.807) is 24.8 Å². The minimum absolute atomic E-state index is 0. The van der Waals surface area contributed by atoms with Crippen molar-refractivity contribution < 1.29 is 104 Å². The van der Waals surface area contributed by atoms with Crippen LogP contribution in [-0.2, 0) is 69.9 Å². The molecule has 0 saturated carbocycles. The molecule has 0 bridgehead atoms. The first kappa shape index (κ1) is 54.3. The molecule has 0 amide bonds. The van der Waals surface area contributed by atoms with Crippen molar-refractivity contribution in [2.75, 3.05) is 13.1 Å². The van der Waals surface area contributed by atoms with E-state index in [0.29, 0.717) is 45.7 Å². The molecular weight excluding hydrogens is 913 g/mol. The number of pyridine rings is 4. The van der Waals surface area contributed by atoms with E-state index >= 15 is 0 Å². The standard InChI is InChI=1S/C28H31N6O.C2H4O2.2F6P.2Zn/c35-28(23-34(21-26-11-3-7-16-31-26)22-27-12-4-8-17-32-27)13-18-33(19-24-9-1-5-14-29-24)20-25-10-2-6-15-30-25;1-2(3)4;2*1-7(2,3,4,5)6;;/h1-12,14-17,28H,13,18-23H2;1H3,(H,3,4);;;;/q-1;;2*-1;2*+2/p-1/t28-;;;;;/m0...../s1. The molecule has 0 aliphatic carbocycles. The number of aromatic nitrogens is 4. The number of carboxylic acids is 1. The molecule has 4 heterocycles. The van der Waals surface area contributed by atoms with Gasteiger partial charge in [-0.3, -0.25) is 29.7 Å². The van der Waals surface area contributed by atoms with E-state index in [2.05, 4.69) is 29.7 Å². The maximum atomic E-state index is 13.2. The Hall–Kier alpha value is -2.78. The molecule has 0 aliphatic rings. The average molecular weight is 947 g/mol. The molecule has 0 N–H and O–H groups in total. The summed E-state index contributed by atoms with van der Waals surface area (Å²) in [6.07, 6.45) is 6.97. The van der Waals surface area contributed by atoms with Gasteiger partial charge in [0, 0.05) is 56.9 Å². The second-order valence-electron chi connectivity index (χ2n) is 11.0. The first-order chi connectivity index (χ1) is 23.9. The molecule has 0 fully saturated rings. The fourth-order valence-electron chi connectivity index (χ4n) is 3.99. The zero-order valence-corrected chi connectivity index (χ0v) is 36.7. The van der Waals surface area contributed by atoms with Crippen LogP contribution in [0, 0.1) is 0 Å². The SMILES string of the molecule is CC(=O)[O-].F[P-](F)(F)(F)(F)F.F[P-](F)(F)(F)(F)F.[O-][C@@H](CCN(Cc1ccccn1)Cc1ccccn1)CN(Cc1ccccn1)Cc1ccccn1.[Zn+2].[Zn+2]. The molecular formula is C30H34F12N6O3P2Zn2. The molecule has 0 unspecified atom stereocenters. The van der Waals surface area contributed by atoms with Crippen molar-refractivity contribution in [3.8, 4) is 0 Å². The summed E-state index contributed by atoms with van der Waals surface area (Å²) in [5.74, 6) is -1.08. The summed E-state index contributed by atoms with van der Waals surface area (Å²) in [6, 6.07) is 23.6. The number of carbonyl (C=O) groups is 1. The zero-order valence-electron chi connectivity index (χ0n) is 29.0. The molecule has 9 nitrogen and oxygen atoms in total. The predicted molar refractivity (Wildman–Crippen MR) is 171 cm³/mol. The van der Waals surface area contributed by atoms with Gasteiger partial charge < -0.3 is 15.0 Å². The number of aliphatic carboxylic acids is 1. The van der Waals surface area contributed by atoms with E-state index in [1.165, 1.54) is 0 Å². The second-order valence-corrected chi connectivity index (χ2v) is 14.8. The number of halogens is 12. The Morgan fingerprint density at radius 3 is 1.02 bits per heavy atom. The van der Waals surface area contributed by atoms with E-state index in [0.717, 1.165) is 29.7 Å². The van der Waals surface area contributed by atoms with Gasteiger partial charge in [0.25, 0.3) is 0 Å². The van der Waals surface area contributed by atoms with Crippen LogP contribution in [0.4, 0.5) is 50.4 Å². The molecule has 4 rings (SSSR count). The molecule has 300 valence electrons. The van der Waals surface area contributed by atoms with Crippen molar-refractivity contribution in [1.29, 1.82) is 0 Å². The molecule has 0 saturated heterocycles. The number of nitrogens with zero attached hydrogens (tertiary/aromatic N) is 6. The molecule has 0 aliphatic heterocycles. The molecule has 0 spiro atoms. The van der Waals surface area contributed by atoms with Crippen LogP contribution in [0.5, 0.6) is 0 Å². The van der Waals surface area contributed by atoms with Gasteiger partial charge in [0.1, 0.15) is 0 Å². The molecule has 25 heteroatoms. The van der Waals surface area contributed by atoms with Gasteiger partial charge in [-0.15, -0.1) is 6.10 Å². The van der Waals surface area contributed by atoms with Gasteiger partial charge in [0.05, 0.1) is 22.8 Å². The monoisotopic (exact) mass is 944 g/mol. The van der Waals surface area contributed by atoms with Gasteiger partial charge >= 0.3 is 105 Å². The van der Waals surface area contributed by atoms with Crippen molar-refractivity contribution in [2.24, 2.45) is 0 Å². The molecule has 55 heavy (non-hydrogen) atoms. The first-order valence-electron chi connectivity index (χ1n) is 14.9. The van der Waals surface area contributed by atoms with Gasteiger partial charge in [-0.05, 0) is 68.5 Å². The molecule has 1 atom stereocenters. The van der Waals surface area contributed by atoms with Gasteiger partial charge in [-0.2, -0.15) is 0 Å². The van der Waals surface area contributed by atoms with Crippen LogP contribution in [0.1, 0.15) is 36.1 Å². The number of hydrogen-bond acceptors (Lipinski definition) is 9. The number of rotatable bonds is 13. The van der Waals surface area contributed by atoms with Crippen molar-refractivity contribution in [2.45, 2.75) is 45.6 Å².